The third-order valence-corrected chi connectivity index (χ3v) is 2.56. The predicted octanol–water partition coefficient (Wildman–Crippen LogP) is 2.51. The molecule has 0 aliphatic heterocycles. The van der Waals surface area contributed by atoms with Crippen LogP contribution in [0.25, 0.3) is 10.9 Å². The number of aryl methyl sites for hydroxylation is 1. The minimum absolute atomic E-state index is 0.273. The maximum absolute atomic E-state index is 5.74. The minimum Gasteiger partial charge on any atom is -0.328 e. The van der Waals surface area contributed by atoms with Gasteiger partial charge in [-0.2, -0.15) is 0 Å². The van der Waals surface area contributed by atoms with Gasteiger partial charge in [-0.3, -0.25) is 4.98 Å². The van der Waals surface area contributed by atoms with Crippen molar-refractivity contribution >= 4 is 10.9 Å². The maximum Gasteiger partial charge on any atom is 0.0702 e. The lowest BCUT2D eigenvalue weighted by atomic mass is 10.0. The van der Waals surface area contributed by atoms with Crippen LogP contribution in [-0.2, 0) is 6.42 Å². The molecule has 1 atom stereocenters. The molecule has 2 N–H and O–H groups in total. The topological polar surface area (TPSA) is 38.9 Å². The van der Waals surface area contributed by atoms with Gasteiger partial charge >= 0.3 is 0 Å². The van der Waals surface area contributed by atoms with Crippen LogP contribution >= 0.6 is 0 Å². The molecule has 78 valence electrons. The highest BCUT2D eigenvalue weighted by atomic mass is 14.6. The van der Waals surface area contributed by atoms with Crippen molar-refractivity contribution in [2.75, 3.05) is 0 Å². The van der Waals surface area contributed by atoms with E-state index in [1.165, 1.54) is 10.9 Å². The van der Waals surface area contributed by atoms with Gasteiger partial charge in [0.1, 0.15) is 0 Å². The summed E-state index contributed by atoms with van der Waals surface area (Å²) in [5.41, 5.74) is 8.14. The lowest BCUT2D eigenvalue weighted by Crippen LogP contribution is -2.15. The third kappa shape index (κ3) is 2.54. The highest BCUT2D eigenvalue weighted by Crippen LogP contribution is 2.14. The number of hydrogen-bond donors (Lipinski definition) is 1. The average Bonchev–Trinajstić information content (AvgIpc) is 2.26. The van der Waals surface area contributed by atoms with Gasteiger partial charge in [-0.25, -0.2) is 0 Å². The summed E-state index contributed by atoms with van der Waals surface area (Å²) in [6.07, 6.45) is 3.90. The zero-order valence-electron chi connectivity index (χ0n) is 8.98. The predicted molar refractivity (Wildman–Crippen MR) is 63.7 cm³/mol. The van der Waals surface area contributed by atoms with E-state index >= 15 is 0 Å². The van der Waals surface area contributed by atoms with E-state index < -0.39 is 0 Å². The highest BCUT2D eigenvalue weighted by Gasteiger charge is 1.99. The fourth-order valence-corrected chi connectivity index (χ4v) is 1.67. The van der Waals surface area contributed by atoms with Crippen LogP contribution in [0.2, 0.25) is 0 Å². The number of pyridine rings is 1. The molecule has 1 aromatic heterocycles. The molecule has 1 unspecified atom stereocenters. The van der Waals surface area contributed by atoms with Crippen molar-refractivity contribution in [3.63, 3.8) is 0 Å². The second-order valence-electron chi connectivity index (χ2n) is 4.05. The molecule has 0 fully saturated rings. The smallest absolute Gasteiger partial charge is 0.0702 e. The van der Waals surface area contributed by atoms with Crippen molar-refractivity contribution in [2.45, 2.75) is 25.8 Å². The van der Waals surface area contributed by atoms with Crippen LogP contribution in [0.3, 0.4) is 0 Å². The Morgan fingerprint density at radius 1 is 1.33 bits per heavy atom. The summed E-state index contributed by atoms with van der Waals surface area (Å²) in [5.74, 6) is 0. The summed E-state index contributed by atoms with van der Waals surface area (Å²) in [5, 5.41) is 1.21. The lowest BCUT2D eigenvalue weighted by molar-refractivity contribution is 0.666. The van der Waals surface area contributed by atoms with E-state index in [2.05, 4.69) is 29.2 Å². The number of aromatic nitrogens is 1. The first kappa shape index (κ1) is 10.1. The Labute approximate surface area is 90.1 Å². The number of fused-ring (bicyclic) bond motifs is 1. The molecular formula is C13H16N2. The SMILES string of the molecule is CC(N)CCc1ccc2ncccc2c1. The second-order valence-corrected chi connectivity index (χ2v) is 4.05. The van der Waals surface area contributed by atoms with Crippen molar-refractivity contribution in [1.82, 2.24) is 4.98 Å². The largest absolute Gasteiger partial charge is 0.328 e. The van der Waals surface area contributed by atoms with E-state index in [9.17, 15) is 0 Å². The van der Waals surface area contributed by atoms with Crippen molar-refractivity contribution < 1.29 is 0 Å². The summed E-state index contributed by atoms with van der Waals surface area (Å²) >= 11 is 0. The average molecular weight is 200 g/mol. The number of hydrogen-bond acceptors (Lipinski definition) is 2. The van der Waals surface area contributed by atoms with Crippen LogP contribution in [0.1, 0.15) is 18.9 Å². The molecular weight excluding hydrogens is 184 g/mol. The summed E-state index contributed by atoms with van der Waals surface area (Å²) in [6, 6.07) is 10.7. The van der Waals surface area contributed by atoms with E-state index in [4.69, 9.17) is 5.73 Å². The van der Waals surface area contributed by atoms with E-state index in [1.54, 1.807) is 0 Å². The Balaban J connectivity index is 2.23. The number of nitrogens with zero attached hydrogens (tertiary/aromatic N) is 1. The fourth-order valence-electron chi connectivity index (χ4n) is 1.67. The maximum atomic E-state index is 5.74. The number of benzene rings is 1. The molecule has 2 aromatic rings. The first-order valence-electron chi connectivity index (χ1n) is 5.35. The summed E-state index contributed by atoms with van der Waals surface area (Å²) in [4.78, 5) is 4.29. The van der Waals surface area contributed by atoms with Gasteiger partial charge in [-0.15, -0.1) is 0 Å². The third-order valence-electron chi connectivity index (χ3n) is 2.56. The molecule has 2 rings (SSSR count). The molecule has 0 radical (unpaired) electrons. The van der Waals surface area contributed by atoms with E-state index in [1.807, 2.05) is 19.2 Å². The number of rotatable bonds is 3. The van der Waals surface area contributed by atoms with Crippen molar-refractivity contribution in [2.24, 2.45) is 5.73 Å². The summed E-state index contributed by atoms with van der Waals surface area (Å²) in [6.45, 7) is 2.04. The number of nitrogens with two attached hydrogens (primary N) is 1. The Morgan fingerprint density at radius 3 is 3.00 bits per heavy atom. The Hall–Kier alpha value is -1.41. The van der Waals surface area contributed by atoms with Gasteiger partial charge in [0.2, 0.25) is 0 Å². The Kier molecular flexibility index (Phi) is 2.97. The molecule has 0 saturated carbocycles. The van der Waals surface area contributed by atoms with Crippen LogP contribution in [0.4, 0.5) is 0 Å². The standard InChI is InChI=1S/C13H16N2/c1-10(14)4-5-11-6-7-13-12(9-11)3-2-8-15-13/h2-3,6-10H,4-5,14H2,1H3. The Bertz CT molecular complexity index is 449. The summed E-state index contributed by atoms with van der Waals surface area (Å²) < 4.78 is 0. The molecule has 2 heteroatoms. The monoisotopic (exact) mass is 200 g/mol. The lowest BCUT2D eigenvalue weighted by Gasteiger charge is -2.05. The molecule has 1 aromatic carbocycles. The van der Waals surface area contributed by atoms with Crippen molar-refractivity contribution in [3.05, 3.63) is 42.1 Å². The van der Waals surface area contributed by atoms with Crippen LogP contribution in [0.15, 0.2) is 36.5 Å². The molecule has 0 amide bonds. The highest BCUT2D eigenvalue weighted by molar-refractivity contribution is 5.78. The minimum atomic E-state index is 0.273. The molecule has 0 spiro atoms. The molecule has 2 nitrogen and oxygen atoms in total. The zero-order valence-corrected chi connectivity index (χ0v) is 8.98. The van der Waals surface area contributed by atoms with E-state index in [0.29, 0.717) is 0 Å². The molecule has 0 saturated heterocycles. The second kappa shape index (κ2) is 4.41. The van der Waals surface area contributed by atoms with Crippen LogP contribution in [0.5, 0.6) is 0 Å². The van der Waals surface area contributed by atoms with Gasteiger partial charge in [-0.05, 0) is 43.5 Å². The van der Waals surface area contributed by atoms with Gasteiger partial charge in [-0.1, -0.05) is 12.1 Å². The molecule has 0 aliphatic rings. The van der Waals surface area contributed by atoms with Crippen LogP contribution in [0, 0.1) is 0 Å². The van der Waals surface area contributed by atoms with E-state index in [-0.39, 0.29) is 6.04 Å². The Morgan fingerprint density at radius 2 is 2.20 bits per heavy atom. The molecule has 0 aliphatic carbocycles. The quantitative estimate of drug-likeness (QED) is 0.826. The van der Waals surface area contributed by atoms with Gasteiger partial charge in [0.05, 0.1) is 5.52 Å². The summed E-state index contributed by atoms with van der Waals surface area (Å²) in [7, 11) is 0. The van der Waals surface area contributed by atoms with Crippen LogP contribution < -0.4 is 5.73 Å². The van der Waals surface area contributed by atoms with Gasteiger partial charge in [0, 0.05) is 17.6 Å². The molecule has 0 bridgehead atoms. The fraction of sp³-hybridized carbons (Fsp3) is 0.308. The van der Waals surface area contributed by atoms with Crippen molar-refractivity contribution in [1.29, 1.82) is 0 Å². The van der Waals surface area contributed by atoms with Crippen LogP contribution in [-0.4, -0.2) is 11.0 Å². The van der Waals surface area contributed by atoms with Gasteiger partial charge in [0.25, 0.3) is 0 Å². The molecule has 15 heavy (non-hydrogen) atoms. The normalized spacial score (nSPS) is 12.9. The first-order valence-corrected chi connectivity index (χ1v) is 5.35. The zero-order chi connectivity index (χ0) is 10.7. The first-order chi connectivity index (χ1) is 7.25. The van der Waals surface area contributed by atoms with Gasteiger partial charge < -0.3 is 5.73 Å². The van der Waals surface area contributed by atoms with Crippen molar-refractivity contribution in [3.8, 4) is 0 Å². The van der Waals surface area contributed by atoms with Gasteiger partial charge in [0.15, 0.2) is 0 Å². The van der Waals surface area contributed by atoms with E-state index in [0.717, 1.165) is 18.4 Å². The molecule has 1 heterocycles.